The first-order valence-corrected chi connectivity index (χ1v) is 5.21. The smallest absolute Gasteiger partial charge is 0.197 e. The molecule has 0 saturated carbocycles. The molecule has 0 fully saturated rings. The first kappa shape index (κ1) is 10.2. The van der Waals surface area contributed by atoms with Gasteiger partial charge in [0.05, 0.1) is 5.69 Å². The van der Waals surface area contributed by atoms with Crippen molar-refractivity contribution in [2.24, 2.45) is 0 Å². The van der Waals surface area contributed by atoms with Crippen LogP contribution in [0.25, 0.3) is 11.3 Å². The summed E-state index contributed by atoms with van der Waals surface area (Å²) < 4.78 is 13.6. The van der Waals surface area contributed by atoms with Crippen molar-refractivity contribution in [1.82, 2.24) is 9.97 Å². The summed E-state index contributed by atoms with van der Waals surface area (Å²) in [6.45, 7) is 1.73. The van der Waals surface area contributed by atoms with Crippen LogP contribution in [0, 0.1) is 12.7 Å². The zero-order chi connectivity index (χ0) is 10.8. The molecule has 0 saturated heterocycles. The molecule has 2 aromatic rings. The van der Waals surface area contributed by atoms with Crippen molar-refractivity contribution in [2.75, 3.05) is 0 Å². The third kappa shape index (κ3) is 2.21. The molecule has 0 N–H and O–H groups in total. The van der Waals surface area contributed by atoms with E-state index in [1.807, 2.05) is 0 Å². The van der Waals surface area contributed by atoms with E-state index in [2.05, 4.69) is 25.9 Å². The van der Waals surface area contributed by atoms with Gasteiger partial charge in [-0.2, -0.15) is 0 Å². The van der Waals surface area contributed by atoms with Gasteiger partial charge in [-0.15, -0.1) is 0 Å². The molecule has 1 aromatic carbocycles. The van der Waals surface area contributed by atoms with Gasteiger partial charge in [0.1, 0.15) is 5.82 Å². The summed E-state index contributed by atoms with van der Waals surface area (Å²) in [6, 6.07) is 6.71. The van der Waals surface area contributed by atoms with Crippen LogP contribution in [0.4, 0.5) is 4.39 Å². The predicted molar refractivity (Wildman–Crippen MR) is 59.9 cm³/mol. The number of halogens is 2. The van der Waals surface area contributed by atoms with Gasteiger partial charge < -0.3 is 0 Å². The second-order valence-corrected chi connectivity index (χ2v) is 3.88. The molecule has 0 amide bonds. The van der Waals surface area contributed by atoms with Crippen LogP contribution < -0.4 is 0 Å². The molecule has 0 spiro atoms. The van der Waals surface area contributed by atoms with Crippen molar-refractivity contribution in [3.05, 3.63) is 46.6 Å². The molecular formula is C11H8BrFN2. The second-order valence-electron chi connectivity index (χ2n) is 3.17. The average molecular weight is 267 g/mol. The molecule has 0 atom stereocenters. The summed E-state index contributed by atoms with van der Waals surface area (Å²) >= 11 is 3.20. The van der Waals surface area contributed by atoms with E-state index in [-0.39, 0.29) is 5.82 Å². The first-order chi connectivity index (χ1) is 7.16. The van der Waals surface area contributed by atoms with Gasteiger partial charge in [0.2, 0.25) is 0 Å². The molecular weight excluding hydrogens is 259 g/mol. The van der Waals surface area contributed by atoms with E-state index in [0.29, 0.717) is 10.3 Å². The number of nitrogens with zero attached hydrogens (tertiary/aromatic N) is 2. The van der Waals surface area contributed by atoms with Crippen molar-refractivity contribution in [3.63, 3.8) is 0 Å². The van der Waals surface area contributed by atoms with Crippen LogP contribution in [-0.4, -0.2) is 9.97 Å². The van der Waals surface area contributed by atoms with Gasteiger partial charge in [-0.25, -0.2) is 14.4 Å². The molecule has 0 aliphatic heterocycles. The molecule has 0 radical (unpaired) electrons. The molecule has 15 heavy (non-hydrogen) atoms. The molecule has 1 aromatic heterocycles. The van der Waals surface area contributed by atoms with Crippen LogP contribution in [-0.2, 0) is 0 Å². The van der Waals surface area contributed by atoms with Crippen LogP contribution in [0.15, 0.2) is 35.2 Å². The van der Waals surface area contributed by atoms with Crippen LogP contribution in [0.2, 0.25) is 0 Å². The number of aryl methyl sites for hydroxylation is 1. The molecule has 76 valence electrons. The number of hydrogen-bond donors (Lipinski definition) is 0. The summed E-state index contributed by atoms with van der Waals surface area (Å²) in [5.74, 6) is -0.202. The maximum atomic E-state index is 13.1. The molecule has 2 nitrogen and oxygen atoms in total. The van der Waals surface area contributed by atoms with E-state index in [1.165, 1.54) is 6.07 Å². The van der Waals surface area contributed by atoms with E-state index < -0.39 is 0 Å². The van der Waals surface area contributed by atoms with Gasteiger partial charge in [-0.05, 0) is 52.7 Å². The van der Waals surface area contributed by atoms with E-state index >= 15 is 0 Å². The summed E-state index contributed by atoms with van der Waals surface area (Å²) in [6.07, 6.45) is 1.66. The fraction of sp³-hybridized carbons (Fsp3) is 0.0909. The Morgan fingerprint density at radius 1 is 1.27 bits per heavy atom. The highest BCUT2D eigenvalue weighted by atomic mass is 79.9. The lowest BCUT2D eigenvalue weighted by atomic mass is 10.1. The summed E-state index contributed by atoms with van der Waals surface area (Å²) in [5, 5.41) is 0. The summed E-state index contributed by atoms with van der Waals surface area (Å²) in [5.41, 5.74) is 2.28. The fourth-order valence-corrected chi connectivity index (χ4v) is 1.61. The molecule has 0 bridgehead atoms. The highest BCUT2D eigenvalue weighted by Crippen LogP contribution is 2.20. The van der Waals surface area contributed by atoms with Crippen molar-refractivity contribution in [3.8, 4) is 11.3 Å². The minimum Gasteiger partial charge on any atom is -0.231 e. The first-order valence-electron chi connectivity index (χ1n) is 4.42. The lowest BCUT2D eigenvalue weighted by molar-refractivity contribution is 0.619. The van der Waals surface area contributed by atoms with Crippen LogP contribution in [0.3, 0.4) is 0 Å². The van der Waals surface area contributed by atoms with Crippen LogP contribution in [0.5, 0.6) is 0 Å². The Balaban J connectivity index is 2.50. The van der Waals surface area contributed by atoms with Crippen LogP contribution in [0.1, 0.15) is 5.56 Å². The molecule has 1 heterocycles. The Hall–Kier alpha value is -1.29. The molecule has 0 aliphatic rings. The standard InChI is InChI=1S/C11H8BrFN2/c1-7-6-8(2-3-9(7)13)10-4-5-14-11(12)15-10/h2-6H,1H3. The highest BCUT2D eigenvalue weighted by Gasteiger charge is 2.03. The number of rotatable bonds is 1. The Labute approximate surface area is 95.3 Å². The zero-order valence-electron chi connectivity index (χ0n) is 8.04. The van der Waals surface area contributed by atoms with E-state index in [4.69, 9.17) is 0 Å². The van der Waals surface area contributed by atoms with Crippen molar-refractivity contribution in [1.29, 1.82) is 0 Å². The Kier molecular flexibility index (Phi) is 2.77. The summed E-state index contributed by atoms with van der Waals surface area (Å²) in [7, 11) is 0. The van der Waals surface area contributed by atoms with E-state index in [0.717, 1.165) is 11.3 Å². The maximum absolute atomic E-state index is 13.1. The third-order valence-corrected chi connectivity index (χ3v) is 2.46. The lowest BCUT2D eigenvalue weighted by Gasteiger charge is -2.02. The van der Waals surface area contributed by atoms with Crippen LogP contribution >= 0.6 is 15.9 Å². The predicted octanol–water partition coefficient (Wildman–Crippen LogP) is 3.35. The Morgan fingerprint density at radius 2 is 2.07 bits per heavy atom. The normalized spacial score (nSPS) is 10.3. The number of benzene rings is 1. The largest absolute Gasteiger partial charge is 0.231 e. The maximum Gasteiger partial charge on any atom is 0.197 e. The van der Waals surface area contributed by atoms with Gasteiger partial charge in [-0.3, -0.25) is 0 Å². The number of hydrogen-bond acceptors (Lipinski definition) is 2. The van der Waals surface area contributed by atoms with Gasteiger partial charge in [0.15, 0.2) is 4.73 Å². The third-order valence-electron chi connectivity index (χ3n) is 2.08. The summed E-state index contributed by atoms with van der Waals surface area (Å²) in [4.78, 5) is 8.13. The zero-order valence-corrected chi connectivity index (χ0v) is 9.62. The monoisotopic (exact) mass is 266 g/mol. The van der Waals surface area contributed by atoms with Gasteiger partial charge in [0, 0.05) is 11.8 Å². The average Bonchev–Trinajstić information content (AvgIpc) is 2.22. The minimum atomic E-state index is -0.202. The van der Waals surface area contributed by atoms with E-state index in [1.54, 1.807) is 31.3 Å². The molecule has 2 rings (SSSR count). The van der Waals surface area contributed by atoms with Gasteiger partial charge in [-0.1, -0.05) is 0 Å². The van der Waals surface area contributed by atoms with Crippen molar-refractivity contribution >= 4 is 15.9 Å². The fourth-order valence-electron chi connectivity index (χ4n) is 1.30. The van der Waals surface area contributed by atoms with E-state index in [9.17, 15) is 4.39 Å². The molecule has 0 unspecified atom stereocenters. The lowest BCUT2D eigenvalue weighted by Crippen LogP contribution is -1.89. The highest BCUT2D eigenvalue weighted by molar-refractivity contribution is 9.10. The minimum absolute atomic E-state index is 0.202. The quantitative estimate of drug-likeness (QED) is 0.740. The Morgan fingerprint density at radius 3 is 2.73 bits per heavy atom. The second kappa shape index (κ2) is 4.06. The molecule has 0 aliphatic carbocycles. The van der Waals surface area contributed by atoms with Crippen molar-refractivity contribution in [2.45, 2.75) is 6.92 Å². The molecule has 4 heteroatoms. The van der Waals surface area contributed by atoms with Gasteiger partial charge >= 0.3 is 0 Å². The Bertz CT molecular complexity index is 500. The van der Waals surface area contributed by atoms with Crippen molar-refractivity contribution < 1.29 is 4.39 Å². The topological polar surface area (TPSA) is 25.8 Å². The SMILES string of the molecule is Cc1cc(-c2ccnc(Br)n2)ccc1F. The van der Waals surface area contributed by atoms with Gasteiger partial charge in [0.25, 0.3) is 0 Å². The number of aromatic nitrogens is 2.